The summed E-state index contributed by atoms with van der Waals surface area (Å²) in [5.41, 5.74) is 0.933. The van der Waals surface area contributed by atoms with Gasteiger partial charge in [-0.2, -0.15) is 0 Å². The third kappa shape index (κ3) is 2.89. The Kier molecular flexibility index (Phi) is 4.33. The predicted molar refractivity (Wildman–Crippen MR) is 71.7 cm³/mol. The van der Waals surface area contributed by atoms with E-state index in [2.05, 4.69) is 31.1 Å². The van der Waals surface area contributed by atoms with Crippen molar-refractivity contribution in [1.29, 1.82) is 0 Å². The molecule has 100 valence electrons. The highest BCUT2D eigenvalue weighted by molar-refractivity contribution is 5.14. The summed E-state index contributed by atoms with van der Waals surface area (Å²) < 4.78 is 13.1. The zero-order valence-corrected chi connectivity index (χ0v) is 11.5. The first-order chi connectivity index (χ1) is 8.61. The molecule has 1 heterocycles. The van der Waals surface area contributed by atoms with Crippen molar-refractivity contribution >= 4 is 0 Å². The van der Waals surface area contributed by atoms with Crippen molar-refractivity contribution in [2.24, 2.45) is 11.8 Å². The molecular formula is C15H23FN2. The van der Waals surface area contributed by atoms with E-state index in [1.165, 1.54) is 25.5 Å². The number of aromatic nitrogens is 1. The molecule has 18 heavy (non-hydrogen) atoms. The van der Waals surface area contributed by atoms with Gasteiger partial charge in [-0.1, -0.05) is 20.3 Å². The average Bonchev–Trinajstić information content (AvgIpc) is 2.70. The molecule has 2 nitrogen and oxygen atoms in total. The zero-order chi connectivity index (χ0) is 13.1. The fourth-order valence-corrected chi connectivity index (χ4v) is 3.14. The van der Waals surface area contributed by atoms with Crippen LogP contribution in [-0.4, -0.2) is 11.0 Å². The molecule has 2 rings (SSSR count). The van der Waals surface area contributed by atoms with Gasteiger partial charge in [0.2, 0.25) is 0 Å². The first-order valence-electron chi connectivity index (χ1n) is 6.98. The second-order valence-electron chi connectivity index (χ2n) is 5.54. The Labute approximate surface area is 109 Å². The lowest BCUT2D eigenvalue weighted by atomic mass is 9.93. The van der Waals surface area contributed by atoms with Crippen LogP contribution < -0.4 is 5.32 Å². The van der Waals surface area contributed by atoms with Crippen LogP contribution in [0.5, 0.6) is 0 Å². The maximum absolute atomic E-state index is 13.1. The molecular weight excluding hydrogens is 227 g/mol. The molecule has 1 aliphatic rings. The Morgan fingerprint density at radius 1 is 1.44 bits per heavy atom. The highest BCUT2D eigenvalue weighted by Gasteiger charge is 2.32. The van der Waals surface area contributed by atoms with Crippen LogP contribution in [0.3, 0.4) is 0 Å². The van der Waals surface area contributed by atoms with Gasteiger partial charge in [-0.3, -0.25) is 4.98 Å². The molecule has 1 aromatic rings. The third-order valence-electron chi connectivity index (χ3n) is 4.44. The Balaban J connectivity index is 1.98. The van der Waals surface area contributed by atoms with Crippen molar-refractivity contribution in [3.05, 3.63) is 29.8 Å². The second-order valence-corrected chi connectivity index (χ2v) is 5.54. The standard InChI is InChI=1S/C15H23FN2/c1-4-12-5-6-15(10(12)2)18-11(3)13-7-14(16)9-17-8-13/h7-12,15,18H,4-6H2,1-3H3. The van der Waals surface area contributed by atoms with E-state index in [1.54, 1.807) is 12.3 Å². The van der Waals surface area contributed by atoms with Gasteiger partial charge in [0.1, 0.15) is 5.82 Å². The molecule has 1 aromatic heterocycles. The van der Waals surface area contributed by atoms with E-state index in [-0.39, 0.29) is 11.9 Å². The number of hydrogen-bond acceptors (Lipinski definition) is 2. The van der Waals surface area contributed by atoms with Gasteiger partial charge in [0, 0.05) is 18.3 Å². The summed E-state index contributed by atoms with van der Waals surface area (Å²) in [5, 5.41) is 3.63. The largest absolute Gasteiger partial charge is 0.307 e. The number of hydrogen-bond donors (Lipinski definition) is 1. The van der Waals surface area contributed by atoms with Gasteiger partial charge in [-0.15, -0.1) is 0 Å². The van der Waals surface area contributed by atoms with Crippen molar-refractivity contribution in [1.82, 2.24) is 10.3 Å². The van der Waals surface area contributed by atoms with Gasteiger partial charge in [0.05, 0.1) is 6.20 Å². The van der Waals surface area contributed by atoms with Crippen molar-refractivity contribution < 1.29 is 4.39 Å². The van der Waals surface area contributed by atoms with E-state index in [0.29, 0.717) is 12.0 Å². The van der Waals surface area contributed by atoms with Crippen LogP contribution in [0.15, 0.2) is 18.5 Å². The van der Waals surface area contributed by atoms with Crippen molar-refractivity contribution in [2.45, 2.75) is 52.1 Å². The molecule has 1 N–H and O–H groups in total. The van der Waals surface area contributed by atoms with Gasteiger partial charge < -0.3 is 5.32 Å². The lowest BCUT2D eigenvalue weighted by molar-refractivity contribution is 0.327. The molecule has 0 spiro atoms. The minimum Gasteiger partial charge on any atom is -0.307 e. The molecule has 0 radical (unpaired) electrons. The van der Waals surface area contributed by atoms with Crippen LogP contribution in [0.4, 0.5) is 4.39 Å². The number of pyridine rings is 1. The Bertz CT molecular complexity index is 394. The molecule has 0 aromatic carbocycles. The van der Waals surface area contributed by atoms with Crippen molar-refractivity contribution in [3.8, 4) is 0 Å². The van der Waals surface area contributed by atoms with Crippen LogP contribution >= 0.6 is 0 Å². The number of halogens is 1. The Morgan fingerprint density at radius 3 is 2.83 bits per heavy atom. The highest BCUT2D eigenvalue weighted by Crippen LogP contribution is 2.35. The van der Waals surface area contributed by atoms with Gasteiger partial charge in [0.15, 0.2) is 0 Å². The summed E-state index contributed by atoms with van der Waals surface area (Å²) >= 11 is 0. The summed E-state index contributed by atoms with van der Waals surface area (Å²) in [6.07, 6.45) is 6.80. The molecule has 0 bridgehead atoms. The summed E-state index contributed by atoms with van der Waals surface area (Å²) in [5.74, 6) is 1.28. The lowest BCUT2D eigenvalue weighted by Gasteiger charge is -2.25. The Morgan fingerprint density at radius 2 is 2.22 bits per heavy atom. The van der Waals surface area contributed by atoms with Crippen LogP contribution in [0.2, 0.25) is 0 Å². The highest BCUT2D eigenvalue weighted by atomic mass is 19.1. The molecule has 0 amide bonds. The summed E-state index contributed by atoms with van der Waals surface area (Å²) in [7, 11) is 0. The van der Waals surface area contributed by atoms with Crippen molar-refractivity contribution in [2.75, 3.05) is 0 Å². The third-order valence-corrected chi connectivity index (χ3v) is 4.44. The maximum atomic E-state index is 13.1. The molecule has 4 unspecified atom stereocenters. The monoisotopic (exact) mass is 250 g/mol. The minimum absolute atomic E-state index is 0.163. The lowest BCUT2D eigenvalue weighted by Crippen LogP contribution is -2.34. The predicted octanol–water partition coefficient (Wildman–Crippen LogP) is 3.70. The van der Waals surface area contributed by atoms with E-state index in [4.69, 9.17) is 0 Å². The normalized spacial score (nSPS) is 29.4. The first kappa shape index (κ1) is 13.5. The maximum Gasteiger partial charge on any atom is 0.141 e. The summed E-state index contributed by atoms with van der Waals surface area (Å²) in [4.78, 5) is 3.92. The topological polar surface area (TPSA) is 24.9 Å². The molecule has 0 aliphatic heterocycles. The SMILES string of the molecule is CCC1CCC(NC(C)c2cncc(F)c2)C1C. The fraction of sp³-hybridized carbons (Fsp3) is 0.667. The molecule has 0 saturated heterocycles. The molecule has 4 atom stereocenters. The smallest absolute Gasteiger partial charge is 0.141 e. The summed E-state index contributed by atoms with van der Waals surface area (Å²) in [6.45, 7) is 6.68. The number of nitrogens with one attached hydrogen (secondary N) is 1. The average molecular weight is 250 g/mol. The van der Waals surface area contributed by atoms with E-state index in [9.17, 15) is 4.39 Å². The second kappa shape index (κ2) is 5.79. The van der Waals surface area contributed by atoms with E-state index in [1.807, 2.05) is 0 Å². The van der Waals surface area contributed by atoms with E-state index in [0.717, 1.165) is 11.5 Å². The Hall–Kier alpha value is -0.960. The van der Waals surface area contributed by atoms with Crippen LogP contribution in [0, 0.1) is 17.7 Å². The van der Waals surface area contributed by atoms with E-state index >= 15 is 0 Å². The molecule has 1 saturated carbocycles. The van der Waals surface area contributed by atoms with Crippen molar-refractivity contribution in [3.63, 3.8) is 0 Å². The van der Waals surface area contributed by atoms with Crippen LogP contribution in [0.25, 0.3) is 0 Å². The minimum atomic E-state index is -0.257. The summed E-state index contributed by atoms with van der Waals surface area (Å²) in [6, 6.07) is 2.28. The van der Waals surface area contributed by atoms with Gasteiger partial charge >= 0.3 is 0 Å². The van der Waals surface area contributed by atoms with Gasteiger partial charge in [-0.25, -0.2) is 4.39 Å². The van der Waals surface area contributed by atoms with Crippen LogP contribution in [-0.2, 0) is 0 Å². The molecule has 1 aliphatic carbocycles. The number of rotatable bonds is 4. The van der Waals surface area contributed by atoms with Gasteiger partial charge in [-0.05, 0) is 43.2 Å². The zero-order valence-electron chi connectivity index (χ0n) is 11.5. The van der Waals surface area contributed by atoms with Gasteiger partial charge in [0.25, 0.3) is 0 Å². The number of nitrogens with zero attached hydrogens (tertiary/aromatic N) is 1. The van der Waals surface area contributed by atoms with Crippen LogP contribution in [0.1, 0.15) is 51.6 Å². The first-order valence-corrected chi connectivity index (χ1v) is 6.98. The molecule has 3 heteroatoms. The quantitative estimate of drug-likeness (QED) is 0.881. The molecule has 1 fully saturated rings. The van der Waals surface area contributed by atoms with E-state index < -0.39 is 0 Å². The fourth-order valence-electron chi connectivity index (χ4n) is 3.14.